The van der Waals surface area contributed by atoms with E-state index in [0.717, 1.165) is 0 Å². The molecule has 0 saturated heterocycles. The Morgan fingerprint density at radius 1 is 1.33 bits per heavy atom. The van der Waals surface area contributed by atoms with Crippen molar-refractivity contribution < 1.29 is 22.7 Å². The third kappa shape index (κ3) is 1.88. The summed E-state index contributed by atoms with van der Waals surface area (Å²) in [5.41, 5.74) is 0.483. The van der Waals surface area contributed by atoms with E-state index in [1.807, 2.05) is 0 Å². The fraction of sp³-hybridized carbons (Fsp3) is 0.222. The number of benzene rings is 1. The van der Waals surface area contributed by atoms with Crippen molar-refractivity contribution in [1.82, 2.24) is 5.32 Å². The molecule has 0 aliphatic carbocycles. The first-order chi connectivity index (χ1) is 6.97. The zero-order chi connectivity index (χ0) is 11.1. The van der Waals surface area contributed by atoms with E-state index >= 15 is 0 Å². The quantitative estimate of drug-likeness (QED) is 0.779. The largest absolute Gasteiger partial charge is 0.573 e. The van der Waals surface area contributed by atoms with Crippen molar-refractivity contribution in [3.8, 4) is 5.75 Å². The molecule has 0 bridgehead atoms. The van der Waals surface area contributed by atoms with Gasteiger partial charge in [0, 0.05) is 17.7 Å². The Morgan fingerprint density at radius 3 is 2.73 bits per heavy atom. The second kappa shape index (κ2) is 3.15. The number of rotatable bonds is 1. The first-order valence-corrected chi connectivity index (χ1v) is 4.13. The molecule has 0 saturated carbocycles. The maximum atomic E-state index is 12.0. The van der Waals surface area contributed by atoms with Crippen LogP contribution in [-0.2, 0) is 6.54 Å². The van der Waals surface area contributed by atoms with Crippen LogP contribution in [0.1, 0.15) is 15.9 Å². The molecule has 3 nitrogen and oxygen atoms in total. The van der Waals surface area contributed by atoms with Crippen LogP contribution >= 0.6 is 0 Å². The number of fused-ring (bicyclic) bond motifs is 1. The summed E-state index contributed by atoms with van der Waals surface area (Å²) in [7, 11) is 0. The van der Waals surface area contributed by atoms with Crippen LogP contribution in [-0.4, -0.2) is 12.3 Å². The van der Waals surface area contributed by atoms with E-state index in [4.69, 9.17) is 0 Å². The van der Waals surface area contributed by atoms with E-state index in [1.54, 1.807) is 0 Å². The maximum Gasteiger partial charge on any atom is 0.573 e. The van der Waals surface area contributed by atoms with E-state index in [9.17, 15) is 18.0 Å². The number of hydrogen-bond donors (Lipinski definition) is 1. The molecule has 0 radical (unpaired) electrons. The van der Waals surface area contributed by atoms with Crippen molar-refractivity contribution in [2.24, 2.45) is 0 Å². The molecule has 1 aromatic carbocycles. The van der Waals surface area contributed by atoms with E-state index in [2.05, 4.69) is 10.1 Å². The van der Waals surface area contributed by atoms with Crippen molar-refractivity contribution >= 4 is 5.91 Å². The number of halogens is 3. The second-order valence-corrected chi connectivity index (χ2v) is 3.01. The van der Waals surface area contributed by atoms with Crippen molar-refractivity contribution in [2.45, 2.75) is 12.9 Å². The minimum atomic E-state index is -4.74. The van der Waals surface area contributed by atoms with Crippen molar-refractivity contribution in [3.63, 3.8) is 0 Å². The van der Waals surface area contributed by atoms with Gasteiger partial charge in [0.15, 0.2) is 0 Å². The van der Waals surface area contributed by atoms with Gasteiger partial charge in [-0.1, -0.05) is 6.07 Å². The Balaban J connectivity index is 2.38. The third-order valence-corrected chi connectivity index (χ3v) is 2.03. The molecular formula is C9H6F3NO2. The van der Waals surface area contributed by atoms with Gasteiger partial charge in [0.1, 0.15) is 5.75 Å². The summed E-state index contributed by atoms with van der Waals surface area (Å²) in [6, 6.07) is 4.00. The Kier molecular flexibility index (Phi) is 2.06. The van der Waals surface area contributed by atoms with Gasteiger partial charge >= 0.3 is 6.36 Å². The summed E-state index contributed by atoms with van der Waals surface area (Å²) in [5.74, 6) is -0.698. The lowest BCUT2D eigenvalue weighted by molar-refractivity contribution is -0.274. The van der Waals surface area contributed by atoms with Gasteiger partial charge in [-0.25, -0.2) is 0 Å². The second-order valence-electron chi connectivity index (χ2n) is 3.01. The molecule has 1 aromatic rings. The van der Waals surface area contributed by atoms with Crippen LogP contribution in [0.3, 0.4) is 0 Å². The first kappa shape index (κ1) is 9.82. The molecular weight excluding hydrogens is 211 g/mol. The van der Waals surface area contributed by atoms with Gasteiger partial charge in [-0.2, -0.15) is 0 Å². The predicted octanol–water partition coefficient (Wildman–Crippen LogP) is 1.83. The van der Waals surface area contributed by atoms with Crippen LogP contribution in [0.15, 0.2) is 18.2 Å². The number of alkyl halides is 3. The van der Waals surface area contributed by atoms with Gasteiger partial charge in [-0.15, -0.1) is 13.2 Å². The summed E-state index contributed by atoms with van der Waals surface area (Å²) in [4.78, 5) is 11.1. The minimum absolute atomic E-state index is 0.0699. The smallest absolute Gasteiger partial charge is 0.405 e. The SMILES string of the molecule is O=C1NCc2c(OC(F)(F)F)cccc21. The van der Waals surface area contributed by atoms with Gasteiger partial charge in [-0.05, 0) is 12.1 Å². The Labute approximate surface area is 82.8 Å². The highest BCUT2D eigenvalue weighted by Crippen LogP contribution is 2.30. The topological polar surface area (TPSA) is 38.3 Å². The van der Waals surface area contributed by atoms with Gasteiger partial charge in [-0.3, -0.25) is 4.79 Å². The van der Waals surface area contributed by atoms with Crippen LogP contribution in [0.4, 0.5) is 13.2 Å². The van der Waals surface area contributed by atoms with Crippen LogP contribution < -0.4 is 10.1 Å². The molecule has 0 fully saturated rings. The zero-order valence-electron chi connectivity index (χ0n) is 7.39. The van der Waals surface area contributed by atoms with Gasteiger partial charge in [0.05, 0.1) is 0 Å². The molecule has 80 valence electrons. The first-order valence-electron chi connectivity index (χ1n) is 4.13. The van der Waals surface area contributed by atoms with E-state index in [-0.39, 0.29) is 29.3 Å². The molecule has 15 heavy (non-hydrogen) atoms. The molecule has 1 N–H and O–H groups in total. The van der Waals surface area contributed by atoms with Crippen molar-refractivity contribution in [1.29, 1.82) is 0 Å². The molecule has 6 heteroatoms. The molecule has 2 rings (SSSR count). The summed E-state index contributed by atoms with van der Waals surface area (Å²) in [6.45, 7) is 0.0699. The highest BCUT2D eigenvalue weighted by molar-refractivity contribution is 5.99. The highest BCUT2D eigenvalue weighted by Gasteiger charge is 2.33. The molecule has 0 unspecified atom stereocenters. The maximum absolute atomic E-state index is 12.0. The van der Waals surface area contributed by atoms with Crippen LogP contribution in [0.25, 0.3) is 0 Å². The van der Waals surface area contributed by atoms with E-state index in [1.165, 1.54) is 18.2 Å². The molecule has 0 aromatic heterocycles. The minimum Gasteiger partial charge on any atom is -0.405 e. The number of amides is 1. The van der Waals surface area contributed by atoms with Crippen molar-refractivity contribution in [2.75, 3.05) is 0 Å². The lowest BCUT2D eigenvalue weighted by atomic mass is 10.1. The number of carbonyl (C=O) groups excluding carboxylic acids is 1. The molecule has 1 aliphatic heterocycles. The van der Waals surface area contributed by atoms with Crippen molar-refractivity contribution in [3.05, 3.63) is 29.3 Å². The van der Waals surface area contributed by atoms with Gasteiger partial charge < -0.3 is 10.1 Å². The number of hydrogen-bond acceptors (Lipinski definition) is 2. The molecule has 0 atom stereocenters. The third-order valence-electron chi connectivity index (χ3n) is 2.03. The number of nitrogens with one attached hydrogen (secondary N) is 1. The lowest BCUT2D eigenvalue weighted by Crippen LogP contribution is -2.18. The monoisotopic (exact) mass is 217 g/mol. The molecule has 1 amide bonds. The molecule has 1 aliphatic rings. The summed E-state index contributed by atoms with van der Waals surface area (Å²) in [6.07, 6.45) is -4.74. The van der Waals surface area contributed by atoms with Crippen LogP contribution in [0.2, 0.25) is 0 Å². The average molecular weight is 217 g/mol. The average Bonchev–Trinajstić information content (AvgIpc) is 2.47. The standard InChI is InChI=1S/C9H6F3NO2/c10-9(11,12)15-7-3-1-2-5-6(7)4-13-8(5)14/h1-3H,4H2,(H,13,14). The molecule has 1 heterocycles. The lowest BCUT2D eigenvalue weighted by Gasteiger charge is -2.11. The Bertz CT molecular complexity index is 414. The number of carbonyl (C=O) groups is 1. The summed E-state index contributed by atoms with van der Waals surface area (Å²) in [5, 5.41) is 2.42. The van der Waals surface area contributed by atoms with Crippen LogP contribution in [0.5, 0.6) is 5.75 Å². The fourth-order valence-electron chi connectivity index (χ4n) is 1.44. The Morgan fingerprint density at radius 2 is 2.07 bits per heavy atom. The highest BCUT2D eigenvalue weighted by atomic mass is 19.4. The fourth-order valence-corrected chi connectivity index (χ4v) is 1.44. The van der Waals surface area contributed by atoms with E-state index < -0.39 is 6.36 Å². The molecule has 0 spiro atoms. The van der Waals surface area contributed by atoms with E-state index in [0.29, 0.717) is 0 Å². The summed E-state index contributed by atoms with van der Waals surface area (Å²) >= 11 is 0. The van der Waals surface area contributed by atoms with Crippen LogP contribution in [0, 0.1) is 0 Å². The zero-order valence-corrected chi connectivity index (χ0v) is 7.39. The summed E-state index contributed by atoms with van der Waals surface area (Å²) < 4.78 is 39.7. The predicted molar refractivity (Wildman–Crippen MR) is 44.3 cm³/mol. The van der Waals surface area contributed by atoms with Gasteiger partial charge in [0.25, 0.3) is 5.91 Å². The normalized spacial score (nSPS) is 14.7. The van der Waals surface area contributed by atoms with Gasteiger partial charge in [0.2, 0.25) is 0 Å². The number of ether oxygens (including phenoxy) is 1. The Hall–Kier alpha value is -1.72.